The molecule has 2 N–H and O–H groups in total. The first-order valence-corrected chi connectivity index (χ1v) is 11.5. The first-order valence-electron chi connectivity index (χ1n) is 11.1. The molecule has 0 bridgehead atoms. The number of nitrogens with one attached hydrogen (secondary N) is 2. The Morgan fingerprint density at radius 1 is 0.941 bits per heavy atom. The molecule has 3 rings (SSSR count). The van der Waals surface area contributed by atoms with Gasteiger partial charge in [0, 0.05) is 29.5 Å². The minimum Gasteiger partial charge on any atom is -0.494 e. The number of nitrogens with zero attached hydrogens (tertiary/aromatic N) is 1. The van der Waals surface area contributed by atoms with Crippen LogP contribution in [0.15, 0.2) is 78.9 Å². The van der Waals surface area contributed by atoms with Gasteiger partial charge in [0.05, 0.1) is 6.61 Å². The lowest BCUT2D eigenvalue weighted by Gasteiger charge is -2.18. The Hall–Kier alpha value is -3.71. The van der Waals surface area contributed by atoms with Crippen molar-refractivity contribution in [3.63, 3.8) is 0 Å². The van der Waals surface area contributed by atoms with Gasteiger partial charge in [0.2, 0.25) is 0 Å². The van der Waals surface area contributed by atoms with E-state index in [1.807, 2.05) is 30.3 Å². The lowest BCUT2D eigenvalue weighted by Crippen LogP contribution is -2.34. The smallest absolute Gasteiger partial charge is 0.258 e. The average Bonchev–Trinajstić information content (AvgIpc) is 2.84. The highest BCUT2D eigenvalue weighted by atomic mass is 32.1. The molecule has 0 saturated carbocycles. The number of amides is 2. The normalized spacial score (nSPS) is 10.5. The largest absolute Gasteiger partial charge is 0.494 e. The van der Waals surface area contributed by atoms with E-state index in [0.29, 0.717) is 29.3 Å². The van der Waals surface area contributed by atoms with E-state index in [0.717, 1.165) is 17.9 Å². The van der Waals surface area contributed by atoms with E-state index in [-0.39, 0.29) is 16.9 Å². The second-order valence-electron chi connectivity index (χ2n) is 8.24. The molecule has 0 aliphatic carbocycles. The fourth-order valence-corrected chi connectivity index (χ4v) is 3.36. The van der Waals surface area contributed by atoms with E-state index in [9.17, 15) is 9.59 Å². The van der Waals surface area contributed by atoms with E-state index < -0.39 is 0 Å². The van der Waals surface area contributed by atoms with E-state index in [1.54, 1.807) is 60.5 Å². The van der Waals surface area contributed by atoms with Crippen LogP contribution >= 0.6 is 12.2 Å². The number of rotatable bonds is 8. The number of carbonyl (C=O) groups excluding carboxylic acids is 2. The second kappa shape index (κ2) is 12.0. The number of anilines is 2. The topological polar surface area (TPSA) is 70.7 Å². The van der Waals surface area contributed by atoms with Gasteiger partial charge in [0.1, 0.15) is 5.75 Å². The van der Waals surface area contributed by atoms with Crippen LogP contribution in [-0.4, -0.2) is 30.6 Å². The Morgan fingerprint density at radius 2 is 1.65 bits per heavy atom. The molecule has 0 fully saturated rings. The molecule has 2 amide bonds. The predicted octanol–water partition coefficient (Wildman–Crippen LogP) is 5.51. The molecule has 0 aliphatic rings. The van der Waals surface area contributed by atoms with Crippen molar-refractivity contribution >= 4 is 40.5 Å². The van der Waals surface area contributed by atoms with Gasteiger partial charge in [-0.25, -0.2) is 0 Å². The number of para-hydroxylation sites is 1. The maximum absolute atomic E-state index is 12.9. The van der Waals surface area contributed by atoms with Gasteiger partial charge in [-0.15, -0.1) is 0 Å². The summed E-state index contributed by atoms with van der Waals surface area (Å²) in [7, 11) is 1.73. The highest BCUT2D eigenvalue weighted by molar-refractivity contribution is 7.80. The van der Waals surface area contributed by atoms with Gasteiger partial charge in [0.25, 0.3) is 11.8 Å². The molecular weight excluding hydrogens is 446 g/mol. The Kier molecular flexibility index (Phi) is 8.76. The number of benzene rings is 3. The van der Waals surface area contributed by atoms with Gasteiger partial charge in [-0.1, -0.05) is 38.1 Å². The van der Waals surface area contributed by atoms with Gasteiger partial charge >= 0.3 is 0 Å². The molecule has 7 heteroatoms. The Labute approximate surface area is 205 Å². The third-order valence-corrected chi connectivity index (χ3v) is 5.33. The fraction of sp³-hybridized carbons (Fsp3) is 0.222. The molecule has 3 aromatic rings. The molecular formula is C27H29N3O3S. The maximum Gasteiger partial charge on any atom is 0.258 e. The fourth-order valence-electron chi connectivity index (χ4n) is 3.15. The summed E-state index contributed by atoms with van der Waals surface area (Å²) in [6, 6.07) is 23.3. The minimum atomic E-state index is -0.331. The third kappa shape index (κ3) is 7.15. The summed E-state index contributed by atoms with van der Waals surface area (Å²) in [6.07, 6.45) is 0.970. The zero-order valence-corrected chi connectivity index (χ0v) is 20.4. The number of hydrogen-bond donors (Lipinski definition) is 2. The van der Waals surface area contributed by atoms with Crippen LogP contribution in [0.2, 0.25) is 0 Å². The van der Waals surface area contributed by atoms with E-state index >= 15 is 0 Å². The molecule has 3 aromatic carbocycles. The van der Waals surface area contributed by atoms with Gasteiger partial charge in [0.15, 0.2) is 5.11 Å². The number of thiocarbonyl (C=S) groups is 1. The van der Waals surface area contributed by atoms with Crippen LogP contribution in [0.4, 0.5) is 11.4 Å². The lowest BCUT2D eigenvalue weighted by atomic mass is 10.1. The molecule has 0 atom stereocenters. The lowest BCUT2D eigenvalue weighted by molar-refractivity contribution is 0.0974. The summed E-state index contributed by atoms with van der Waals surface area (Å²) in [5, 5.41) is 5.78. The van der Waals surface area contributed by atoms with Crippen LogP contribution in [0.1, 0.15) is 41.0 Å². The third-order valence-electron chi connectivity index (χ3n) is 5.12. The summed E-state index contributed by atoms with van der Waals surface area (Å²) in [4.78, 5) is 27.0. The van der Waals surface area contributed by atoms with Crippen molar-refractivity contribution in [2.75, 3.05) is 23.9 Å². The molecule has 176 valence electrons. The van der Waals surface area contributed by atoms with Crippen LogP contribution in [0.3, 0.4) is 0 Å². The molecule has 0 aliphatic heterocycles. The summed E-state index contributed by atoms with van der Waals surface area (Å²) in [5.41, 5.74) is 2.36. The van der Waals surface area contributed by atoms with Crippen molar-refractivity contribution in [1.82, 2.24) is 5.32 Å². The Morgan fingerprint density at radius 3 is 2.32 bits per heavy atom. The Balaban J connectivity index is 1.56. The summed E-state index contributed by atoms with van der Waals surface area (Å²) in [5.74, 6) is 0.810. The first kappa shape index (κ1) is 24.9. The standard InChI is InChI=1S/C27H29N3O3S/c1-19(2)16-17-33-24-14-12-20(13-15-24)25(31)29-27(34)28-22-9-7-8-21(18-22)26(32)30(3)23-10-5-4-6-11-23/h4-15,18-19H,16-17H2,1-3H3,(H2,28,29,31,34). The van der Waals surface area contributed by atoms with Crippen LogP contribution in [0.5, 0.6) is 5.75 Å². The van der Waals surface area contributed by atoms with Crippen LogP contribution in [0.25, 0.3) is 0 Å². The summed E-state index contributed by atoms with van der Waals surface area (Å²) >= 11 is 5.29. The van der Waals surface area contributed by atoms with Crippen molar-refractivity contribution < 1.29 is 14.3 Å². The Bertz CT molecular complexity index is 1130. The molecule has 34 heavy (non-hydrogen) atoms. The van der Waals surface area contributed by atoms with Gasteiger partial charge in [-0.3, -0.25) is 14.9 Å². The minimum absolute atomic E-state index is 0.142. The SMILES string of the molecule is CC(C)CCOc1ccc(C(=O)NC(=S)Nc2cccc(C(=O)N(C)c3ccccc3)c2)cc1. The van der Waals surface area contributed by atoms with Gasteiger partial charge in [-0.05, 0) is 79.2 Å². The highest BCUT2D eigenvalue weighted by Gasteiger charge is 2.14. The molecule has 0 radical (unpaired) electrons. The molecule has 0 spiro atoms. The average molecular weight is 476 g/mol. The highest BCUT2D eigenvalue weighted by Crippen LogP contribution is 2.18. The quantitative estimate of drug-likeness (QED) is 0.420. The monoisotopic (exact) mass is 475 g/mol. The van der Waals surface area contributed by atoms with Crippen molar-refractivity contribution in [3.8, 4) is 5.75 Å². The van der Waals surface area contributed by atoms with Gasteiger partial charge in [-0.2, -0.15) is 0 Å². The number of carbonyl (C=O) groups is 2. The maximum atomic E-state index is 12.9. The number of ether oxygens (including phenoxy) is 1. The summed E-state index contributed by atoms with van der Waals surface area (Å²) in [6.45, 7) is 4.93. The van der Waals surface area contributed by atoms with Crippen molar-refractivity contribution in [2.24, 2.45) is 5.92 Å². The van der Waals surface area contributed by atoms with Crippen LogP contribution in [-0.2, 0) is 0 Å². The van der Waals surface area contributed by atoms with E-state index in [4.69, 9.17) is 17.0 Å². The molecule has 0 unspecified atom stereocenters. The molecule has 6 nitrogen and oxygen atoms in total. The number of hydrogen-bond acceptors (Lipinski definition) is 4. The van der Waals surface area contributed by atoms with Crippen LogP contribution < -0.4 is 20.3 Å². The first-order chi connectivity index (χ1) is 16.3. The van der Waals surface area contributed by atoms with E-state index in [2.05, 4.69) is 24.5 Å². The van der Waals surface area contributed by atoms with E-state index in [1.165, 1.54) is 0 Å². The van der Waals surface area contributed by atoms with Crippen molar-refractivity contribution in [2.45, 2.75) is 20.3 Å². The zero-order chi connectivity index (χ0) is 24.5. The zero-order valence-electron chi connectivity index (χ0n) is 19.6. The van der Waals surface area contributed by atoms with Crippen molar-refractivity contribution in [1.29, 1.82) is 0 Å². The summed E-state index contributed by atoms with van der Waals surface area (Å²) < 4.78 is 5.69. The van der Waals surface area contributed by atoms with Crippen molar-refractivity contribution in [3.05, 3.63) is 90.0 Å². The molecule has 0 aromatic heterocycles. The van der Waals surface area contributed by atoms with Gasteiger partial charge < -0.3 is 15.0 Å². The van der Waals surface area contributed by atoms with Crippen LogP contribution in [0, 0.1) is 5.92 Å². The molecule has 0 saturated heterocycles. The molecule has 0 heterocycles. The predicted molar refractivity (Wildman–Crippen MR) is 141 cm³/mol. The second-order valence-corrected chi connectivity index (χ2v) is 8.65.